The molecule has 0 spiro atoms. The number of hydrogen-bond donors (Lipinski definition) is 0. The normalized spacial score (nSPS) is 22.5. The molecule has 0 radical (unpaired) electrons. The van der Waals surface area contributed by atoms with E-state index in [-0.39, 0.29) is 12.0 Å². The number of rotatable bonds is 3. The van der Waals surface area contributed by atoms with Gasteiger partial charge in [-0.25, -0.2) is 4.98 Å². The summed E-state index contributed by atoms with van der Waals surface area (Å²) in [7, 11) is 0. The molecule has 4 rings (SSSR count). The first-order chi connectivity index (χ1) is 12.2. The summed E-state index contributed by atoms with van der Waals surface area (Å²) >= 11 is 3.44. The number of benzene rings is 1. The lowest BCUT2D eigenvalue weighted by Gasteiger charge is -2.28. The fourth-order valence-electron chi connectivity index (χ4n) is 3.35. The van der Waals surface area contributed by atoms with Gasteiger partial charge in [0.2, 0.25) is 5.88 Å². The van der Waals surface area contributed by atoms with Gasteiger partial charge in [0.15, 0.2) is 0 Å². The minimum atomic E-state index is -0.393. The summed E-state index contributed by atoms with van der Waals surface area (Å²) in [5.41, 5.74) is 2.38. The lowest BCUT2D eigenvalue weighted by molar-refractivity contribution is -0.144. The number of carbonyl (C=O) groups is 1. The molecule has 3 heterocycles. The van der Waals surface area contributed by atoms with Gasteiger partial charge < -0.3 is 14.4 Å². The summed E-state index contributed by atoms with van der Waals surface area (Å²) in [6, 6.07) is 11.9. The Bertz CT molecular complexity index is 783. The molecule has 1 aromatic carbocycles. The Labute approximate surface area is 155 Å². The molecule has 5 nitrogen and oxygen atoms in total. The van der Waals surface area contributed by atoms with Gasteiger partial charge in [-0.3, -0.25) is 4.79 Å². The number of likely N-dealkylation sites (tertiary alicyclic amines) is 1. The van der Waals surface area contributed by atoms with Crippen LogP contribution in [0.2, 0.25) is 0 Å². The topological polar surface area (TPSA) is 51.7 Å². The third-order valence-electron chi connectivity index (χ3n) is 4.70. The van der Waals surface area contributed by atoms with Crippen molar-refractivity contribution in [1.29, 1.82) is 0 Å². The van der Waals surface area contributed by atoms with Gasteiger partial charge in [0.1, 0.15) is 12.2 Å². The molecule has 2 aromatic rings. The van der Waals surface area contributed by atoms with Gasteiger partial charge in [-0.1, -0.05) is 24.3 Å². The van der Waals surface area contributed by atoms with E-state index < -0.39 is 6.10 Å². The van der Waals surface area contributed by atoms with Crippen molar-refractivity contribution in [2.24, 2.45) is 0 Å². The van der Waals surface area contributed by atoms with Crippen molar-refractivity contribution in [3.8, 4) is 5.88 Å². The second-order valence-corrected chi connectivity index (χ2v) is 7.23. The molecule has 1 fully saturated rings. The predicted molar refractivity (Wildman–Crippen MR) is 96.3 cm³/mol. The van der Waals surface area contributed by atoms with Crippen molar-refractivity contribution in [2.45, 2.75) is 31.7 Å². The molecule has 0 saturated carbocycles. The van der Waals surface area contributed by atoms with Crippen LogP contribution in [0.1, 0.15) is 17.5 Å². The molecule has 1 aromatic heterocycles. The maximum absolute atomic E-state index is 12.8. The third kappa shape index (κ3) is 3.55. The van der Waals surface area contributed by atoms with Gasteiger partial charge in [-0.2, -0.15) is 0 Å². The molecular formula is C19H19BrN2O3. The van der Waals surface area contributed by atoms with Crippen molar-refractivity contribution in [1.82, 2.24) is 9.88 Å². The maximum atomic E-state index is 12.8. The summed E-state index contributed by atoms with van der Waals surface area (Å²) in [6.45, 7) is 1.76. The Kier molecular flexibility index (Phi) is 4.72. The number of amides is 1. The molecule has 1 amide bonds. The molecular weight excluding hydrogens is 384 g/mol. The molecule has 0 aliphatic carbocycles. The van der Waals surface area contributed by atoms with Gasteiger partial charge in [0.25, 0.3) is 5.91 Å². The molecule has 1 saturated heterocycles. The highest BCUT2D eigenvalue weighted by Gasteiger charge is 2.34. The minimum Gasteiger partial charge on any atom is -0.472 e. The average Bonchev–Trinajstić information content (AvgIpc) is 3.11. The lowest BCUT2D eigenvalue weighted by atomic mass is 9.98. The van der Waals surface area contributed by atoms with E-state index in [4.69, 9.17) is 9.47 Å². The molecule has 25 heavy (non-hydrogen) atoms. The zero-order valence-electron chi connectivity index (χ0n) is 13.7. The van der Waals surface area contributed by atoms with Crippen molar-refractivity contribution in [3.63, 3.8) is 0 Å². The van der Waals surface area contributed by atoms with Crippen LogP contribution in [0.3, 0.4) is 0 Å². The van der Waals surface area contributed by atoms with Gasteiger partial charge in [-0.05, 0) is 39.2 Å². The van der Waals surface area contributed by atoms with Crippen LogP contribution in [-0.2, 0) is 22.6 Å². The molecule has 0 bridgehead atoms. The number of pyridine rings is 1. The highest BCUT2D eigenvalue weighted by molar-refractivity contribution is 9.10. The number of fused-ring (bicyclic) bond motifs is 1. The van der Waals surface area contributed by atoms with Gasteiger partial charge in [-0.15, -0.1) is 0 Å². The van der Waals surface area contributed by atoms with E-state index in [0.717, 1.165) is 10.9 Å². The quantitative estimate of drug-likeness (QED) is 0.791. The van der Waals surface area contributed by atoms with Crippen molar-refractivity contribution in [3.05, 3.63) is 58.2 Å². The van der Waals surface area contributed by atoms with Gasteiger partial charge in [0, 0.05) is 25.6 Å². The molecule has 0 N–H and O–H groups in total. The highest BCUT2D eigenvalue weighted by atomic mass is 79.9. The SMILES string of the molecule is O=C(C1Cc2ccccc2CO1)N1CCC(Oc2ncccc2Br)C1. The summed E-state index contributed by atoms with van der Waals surface area (Å²) in [5.74, 6) is 0.630. The summed E-state index contributed by atoms with van der Waals surface area (Å²) in [6.07, 6.45) is 2.72. The Hall–Kier alpha value is -1.92. The van der Waals surface area contributed by atoms with Crippen LogP contribution in [0.5, 0.6) is 5.88 Å². The van der Waals surface area contributed by atoms with Crippen molar-refractivity contribution >= 4 is 21.8 Å². The Morgan fingerprint density at radius 3 is 2.92 bits per heavy atom. The minimum absolute atomic E-state index is 0.0361. The highest BCUT2D eigenvalue weighted by Crippen LogP contribution is 2.26. The molecule has 2 aliphatic rings. The maximum Gasteiger partial charge on any atom is 0.252 e. The zero-order chi connectivity index (χ0) is 17.2. The van der Waals surface area contributed by atoms with E-state index in [0.29, 0.717) is 32.0 Å². The number of halogens is 1. The van der Waals surface area contributed by atoms with E-state index in [9.17, 15) is 4.79 Å². The monoisotopic (exact) mass is 402 g/mol. The molecule has 2 unspecified atom stereocenters. The number of ether oxygens (including phenoxy) is 2. The van der Waals surface area contributed by atoms with Crippen LogP contribution in [-0.4, -0.2) is 41.1 Å². The second-order valence-electron chi connectivity index (χ2n) is 6.38. The fraction of sp³-hybridized carbons (Fsp3) is 0.368. The standard InChI is InChI=1S/C19H19BrN2O3/c20-16-6-3-8-21-18(16)25-15-7-9-22(11-15)19(23)17-10-13-4-1-2-5-14(13)12-24-17/h1-6,8,15,17H,7,9-12H2. The molecule has 6 heteroatoms. The predicted octanol–water partition coefficient (Wildman–Crippen LogP) is 2.97. The van der Waals surface area contributed by atoms with Gasteiger partial charge >= 0.3 is 0 Å². The molecule has 2 aliphatic heterocycles. The van der Waals surface area contributed by atoms with E-state index >= 15 is 0 Å². The number of hydrogen-bond acceptors (Lipinski definition) is 4. The van der Waals surface area contributed by atoms with Crippen LogP contribution in [0, 0.1) is 0 Å². The first kappa shape index (κ1) is 16.5. The van der Waals surface area contributed by atoms with E-state index in [1.54, 1.807) is 6.20 Å². The molecule has 130 valence electrons. The summed E-state index contributed by atoms with van der Waals surface area (Å²) in [4.78, 5) is 18.9. The van der Waals surface area contributed by atoms with Crippen molar-refractivity contribution in [2.75, 3.05) is 13.1 Å². The third-order valence-corrected chi connectivity index (χ3v) is 5.30. The Morgan fingerprint density at radius 1 is 1.24 bits per heavy atom. The number of carbonyl (C=O) groups excluding carboxylic acids is 1. The first-order valence-corrected chi connectivity index (χ1v) is 9.24. The zero-order valence-corrected chi connectivity index (χ0v) is 15.3. The summed E-state index contributed by atoms with van der Waals surface area (Å²) < 4.78 is 12.6. The average molecular weight is 403 g/mol. The van der Waals surface area contributed by atoms with E-state index in [1.165, 1.54) is 11.1 Å². The number of aromatic nitrogens is 1. The number of nitrogens with zero attached hydrogens (tertiary/aromatic N) is 2. The van der Waals surface area contributed by atoms with Gasteiger partial charge in [0.05, 0.1) is 17.6 Å². The van der Waals surface area contributed by atoms with Crippen LogP contribution >= 0.6 is 15.9 Å². The second kappa shape index (κ2) is 7.14. The smallest absolute Gasteiger partial charge is 0.252 e. The van der Waals surface area contributed by atoms with E-state index in [1.807, 2.05) is 29.2 Å². The fourth-order valence-corrected chi connectivity index (χ4v) is 3.70. The molecule has 2 atom stereocenters. The van der Waals surface area contributed by atoms with Crippen LogP contribution in [0.25, 0.3) is 0 Å². The largest absolute Gasteiger partial charge is 0.472 e. The van der Waals surface area contributed by atoms with Crippen LogP contribution in [0.15, 0.2) is 47.1 Å². The van der Waals surface area contributed by atoms with E-state index in [2.05, 4.69) is 33.0 Å². The lowest BCUT2D eigenvalue weighted by Crippen LogP contribution is -2.42. The Balaban J connectivity index is 1.37. The summed E-state index contributed by atoms with van der Waals surface area (Å²) in [5, 5.41) is 0. The Morgan fingerprint density at radius 2 is 2.08 bits per heavy atom. The first-order valence-electron chi connectivity index (χ1n) is 8.45. The van der Waals surface area contributed by atoms with Crippen LogP contribution in [0.4, 0.5) is 0 Å². The van der Waals surface area contributed by atoms with Crippen molar-refractivity contribution < 1.29 is 14.3 Å². The van der Waals surface area contributed by atoms with Crippen LogP contribution < -0.4 is 4.74 Å².